The lowest BCUT2D eigenvalue weighted by atomic mass is 9.83. The van der Waals surface area contributed by atoms with Crippen LogP contribution in [-0.2, 0) is 11.2 Å². The van der Waals surface area contributed by atoms with Gasteiger partial charge in [0.2, 0.25) is 0 Å². The molecule has 0 saturated carbocycles. The smallest absolute Gasteiger partial charge is 0.253 e. The van der Waals surface area contributed by atoms with Crippen LogP contribution < -0.4 is 5.73 Å². The zero-order valence-electron chi connectivity index (χ0n) is 19.6. The standard InChI is InChI=1S/C29H32N2O3/c1-19-7-12-24-25(28(19)32)17-26(34-27(24)18-30)22-13-15-31(16-14-22)29(33)23-10-8-21(9-11-23)20-5-3-2-4-6-20/h2-12,22,26-27,32H,13-18,30H2,1H3. The van der Waals surface area contributed by atoms with Crippen molar-refractivity contribution in [3.8, 4) is 16.9 Å². The van der Waals surface area contributed by atoms with E-state index in [4.69, 9.17) is 10.5 Å². The molecule has 2 heterocycles. The van der Waals surface area contributed by atoms with Crippen LogP contribution >= 0.6 is 0 Å². The fraction of sp³-hybridized carbons (Fsp3) is 0.345. The summed E-state index contributed by atoms with van der Waals surface area (Å²) in [6, 6.07) is 22.0. The normalized spacial score (nSPS) is 20.7. The summed E-state index contributed by atoms with van der Waals surface area (Å²) in [6.07, 6.45) is 2.29. The summed E-state index contributed by atoms with van der Waals surface area (Å²) in [6.45, 7) is 3.74. The summed E-state index contributed by atoms with van der Waals surface area (Å²) in [5.41, 5.74) is 11.9. The Morgan fingerprint density at radius 2 is 1.68 bits per heavy atom. The Balaban J connectivity index is 1.23. The Morgan fingerprint density at radius 3 is 2.35 bits per heavy atom. The van der Waals surface area contributed by atoms with Crippen molar-refractivity contribution in [1.29, 1.82) is 0 Å². The van der Waals surface area contributed by atoms with Gasteiger partial charge in [0.05, 0.1) is 12.2 Å². The Labute approximate surface area is 201 Å². The quantitative estimate of drug-likeness (QED) is 0.588. The lowest BCUT2D eigenvalue weighted by Crippen LogP contribution is -2.44. The molecule has 2 aliphatic heterocycles. The minimum absolute atomic E-state index is 0.0103. The number of nitrogens with two attached hydrogens (primary N) is 1. The molecule has 0 aromatic heterocycles. The van der Waals surface area contributed by atoms with Gasteiger partial charge in [0.1, 0.15) is 5.75 Å². The SMILES string of the molecule is Cc1ccc2c(c1O)CC(C1CCN(C(=O)c3ccc(-c4ccccc4)cc3)CC1)OC2CN. The molecule has 3 N–H and O–H groups in total. The Morgan fingerprint density at radius 1 is 1.00 bits per heavy atom. The van der Waals surface area contributed by atoms with Crippen molar-refractivity contribution >= 4 is 5.91 Å². The van der Waals surface area contributed by atoms with Gasteiger partial charge in [0, 0.05) is 37.2 Å². The maximum Gasteiger partial charge on any atom is 0.253 e. The molecule has 3 aromatic carbocycles. The fourth-order valence-electron chi connectivity index (χ4n) is 5.37. The molecule has 2 atom stereocenters. The van der Waals surface area contributed by atoms with Crippen molar-refractivity contribution in [3.63, 3.8) is 0 Å². The van der Waals surface area contributed by atoms with Crippen LogP contribution in [0.5, 0.6) is 5.75 Å². The van der Waals surface area contributed by atoms with Crippen molar-refractivity contribution in [2.24, 2.45) is 11.7 Å². The summed E-state index contributed by atoms with van der Waals surface area (Å²) < 4.78 is 6.39. The molecular weight excluding hydrogens is 424 g/mol. The number of likely N-dealkylation sites (tertiary alicyclic amines) is 1. The molecule has 176 valence electrons. The van der Waals surface area contributed by atoms with Crippen LogP contribution in [0.4, 0.5) is 0 Å². The summed E-state index contributed by atoms with van der Waals surface area (Å²) in [5.74, 6) is 0.795. The number of ether oxygens (including phenoxy) is 1. The molecule has 2 unspecified atom stereocenters. The number of carbonyl (C=O) groups excluding carboxylic acids is 1. The number of carbonyl (C=O) groups is 1. The van der Waals surface area contributed by atoms with Crippen LogP contribution in [-0.4, -0.2) is 41.7 Å². The van der Waals surface area contributed by atoms with E-state index < -0.39 is 0 Å². The highest BCUT2D eigenvalue weighted by Gasteiger charge is 2.36. The number of fused-ring (bicyclic) bond motifs is 1. The molecule has 34 heavy (non-hydrogen) atoms. The van der Waals surface area contributed by atoms with E-state index in [0.29, 0.717) is 37.7 Å². The number of benzene rings is 3. The summed E-state index contributed by atoms with van der Waals surface area (Å²) in [5, 5.41) is 10.7. The monoisotopic (exact) mass is 456 g/mol. The summed E-state index contributed by atoms with van der Waals surface area (Å²) in [7, 11) is 0. The molecule has 0 spiro atoms. The molecule has 1 amide bonds. The van der Waals surface area contributed by atoms with E-state index in [1.165, 1.54) is 0 Å². The first-order chi connectivity index (χ1) is 16.5. The molecule has 0 aliphatic carbocycles. The number of phenols is 1. The van der Waals surface area contributed by atoms with E-state index in [9.17, 15) is 9.90 Å². The first kappa shape index (κ1) is 22.6. The molecular formula is C29H32N2O3. The third-order valence-electron chi connectivity index (χ3n) is 7.42. The minimum atomic E-state index is -0.192. The van der Waals surface area contributed by atoms with Gasteiger partial charge in [-0.3, -0.25) is 4.79 Å². The molecule has 3 aromatic rings. The van der Waals surface area contributed by atoms with Crippen molar-refractivity contribution < 1.29 is 14.6 Å². The van der Waals surface area contributed by atoms with E-state index in [-0.39, 0.29) is 18.1 Å². The van der Waals surface area contributed by atoms with E-state index in [2.05, 4.69) is 12.1 Å². The van der Waals surface area contributed by atoms with Crippen LogP contribution in [0.2, 0.25) is 0 Å². The van der Waals surface area contributed by atoms with Crippen molar-refractivity contribution in [2.75, 3.05) is 19.6 Å². The predicted octanol–water partition coefficient (Wildman–Crippen LogP) is 4.86. The van der Waals surface area contributed by atoms with Gasteiger partial charge in [-0.2, -0.15) is 0 Å². The summed E-state index contributed by atoms with van der Waals surface area (Å²) in [4.78, 5) is 15.1. The van der Waals surface area contributed by atoms with Gasteiger partial charge < -0.3 is 20.5 Å². The number of hydrogen-bond acceptors (Lipinski definition) is 4. The van der Waals surface area contributed by atoms with Crippen molar-refractivity contribution in [3.05, 3.63) is 89.0 Å². The largest absolute Gasteiger partial charge is 0.507 e. The Bertz CT molecular complexity index is 1150. The molecule has 0 radical (unpaired) electrons. The Kier molecular flexibility index (Phi) is 6.40. The van der Waals surface area contributed by atoms with Crippen molar-refractivity contribution in [2.45, 2.75) is 38.4 Å². The third-order valence-corrected chi connectivity index (χ3v) is 7.42. The van der Waals surface area contributed by atoms with Gasteiger partial charge in [-0.25, -0.2) is 0 Å². The molecule has 1 saturated heterocycles. The van der Waals surface area contributed by atoms with Gasteiger partial charge in [-0.15, -0.1) is 0 Å². The lowest BCUT2D eigenvalue weighted by molar-refractivity contribution is -0.0632. The highest BCUT2D eigenvalue weighted by atomic mass is 16.5. The number of aromatic hydroxyl groups is 1. The zero-order chi connectivity index (χ0) is 23.7. The maximum absolute atomic E-state index is 13.1. The van der Waals surface area contributed by atoms with E-state index >= 15 is 0 Å². The minimum Gasteiger partial charge on any atom is -0.507 e. The number of phenolic OH excluding ortho intramolecular Hbond substituents is 1. The number of piperidine rings is 1. The number of hydrogen-bond donors (Lipinski definition) is 2. The molecule has 1 fully saturated rings. The Hall–Kier alpha value is -3.15. The van der Waals surface area contributed by atoms with Crippen LogP contribution in [0, 0.1) is 12.8 Å². The van der Waals surface area contributed by atoms with Crippen LogP contribution in [0.1, 0.15) is 46.0 Å². The third kappa shape index (κ3) is 4.33. The van der Waals surface area contributed by atoms with Gasteiger partial charge in [0.25, 0.3) is 5.91 Å². The van der Waals surface area contributed by atoms with Crippen LogP contribution in [0.3, 0.4) is 0 Å². The average molecular weight is 457 g/mol. The maximum atomic E-state index is 13.1. The molecule has 2 aliphatic rings. The second kappa shape index (κ2) is 9.61. The van der Waals surface area contributed by atoms with E-state index in [1.54, 1.807) is 0 Å². The number of nitrogens with zero attached hydrogens (tertiary/aromatic N) is 1. The zero-order valence-corrected chi connectivity index (χ0v) is 19.6. The van der Waals surface area contributed by atoms with E-state index in [0.717, 1.165) is 46.2 Å². The van der Waals surface area contributed by atoms with Gasteiger partial charge >= 0.3 is 0 Å². The second-order valence-electron chi connectivity index (χ2n) is 9.47. The first-order valence-electron chi connectivity index (χ1n) is 12.2. The highest BCUT2D eigenvalue weighted by molar-refractivity contribution is 5.94. The number of aryl methyl sites for hydroxylation is 1. The van der Waals surface area contributed by atoms with Gasteiger partial charge in [-0.1, -0.05) is 54.6 Å². The summed E-state index contributed by atoms with van der Waals surface area (Å²) >= 11 is 0. The lowest BCUT2D eigenvalue weighted by Gasteiger charge is -2.40. The predicted molar refractivity (Wildman–Crippen MR) is 134 cm³/mol. The highest BCUT2D eigenvalue weighted by Crippen LogP contribution is 2.40. The van der Waals surface area contributed by atoms with E-state index in [1.807, 2.05) is 66.4 Å². The molecule has 5 rings (SSSR count). The average Bonchev–Trinajstić information content (AvgIpc) is 2.90. The van der Waals surface area contributed by atoms with Gasteiger partial charge in [-0.05, 0) is 60.1 Å². The number of amides is 1. The number of rotatable bonds is 4. The van der Waals surface area contributed by atoms with Crippen LogP contribution in [0.25, 0.3) is 11.1 Å². The molecule has 5 heteroatoms. The van der Waals surface area contributed by atoms with Crippen molar-refractivity contribution in [1.82, 2.24) is 4.90 Å². The fourth-order valence-corrected chi connectivity index (χ4v) is 5.37. The first-order valence-corrected chi connectivity index (χ1v) is 12.2. The topological polar surface area (TPSA) is 75.8 Å². The molecule has 5 nitrogen and oxygen atoms in total. The molecule has 0 bridgehead atoms. The van der Waals surface area contributed by atoms with Gasteiger partial charge in [0.15, 0.2) is 0 Å². The van der Waals surface area contributed by atoms with Crippen LogP contribution in [0.15, 0.2) is 66.7 Å². The second-order valence-corrected chi connectivity index (χ2v) is 9.47.